The fourth-order valence-corrected chi connectivity index (χ4v) is 1.07. The second-order valence-corrected chi connectivity index (χ2v) is 3.06. The van der Waals surface area contributed by atoms with Crippen molar-refractivity contribution in [3.63, 3.8) is 0 Å². The molecule has 0 aromatic carbocycles. The lowest BCUT2D eigenvalue weighted by Crippen LogP contribution is -2.17. The molecule has 0 spiro atoms. The topological polar surface area (TPSA) is 17.8 Å². The van der Waals surface area contributed by atoms with E-state index in [1.54, 1.807) is 22.6 Å². The van der Waals surface area contributed by atoms with Gasteiger partial charge < -0.3 is 4.57 Å². The summed E-state index contributed by atoms with van der Waals surface area (Å²) in [4.78, 5) is 3.56. The number of aromatic nitrogens is 2. The summed E-state index contributed by atoms with van der Waals surface area (Å²) in [6, 6.07) is 0. The average Bonchev–Trinajstić information content (AvgIpc) is 2.12. The van der Waals surface area contributed by atoms with Crippen LogP contribution in [0.1, 0.15) is 0 Å². The van der Waals surface area contributed by atoms with Crippen molar-refractivity contribution in [2.24, 2.45) is 0 Å². The van der Waals surface area contributed by atoms with Gasteiger partial charge in [0.1, 0.15) is 6.54 Å². The Hall–Kier alpha value is -0.270. The molecule has 0 aliphatic carbocycles. The molecule has 2 nitrogen and oxygen atoms in total. The molecule has 0 unspecified atom stereocenters. The van der Waals surface area contributed by atoms with Crippen LogP contribution in [-0.2, 0) is 6.54 Å². The number of imidazole rings is 1. The van der Waals surface area contributed by atoms with Gasteiger partial charge in [-0.3, -0.25) is 0 Å². The number of hydrogen-bond acceptors (Lipinski definition) is 1. The van der Waals surface area contributed by atoms with Crippen molar-refractivity contribution in [1.82, 2.24) is 9.55 Å². The predicted octanol–water partition coefficient (Wildman–Crippen LogP) is 2.05. The maximum absolute atomic E-state index is 11.7. The van der Waals surface area contributed by atoms with Gasteiger partial charge in [0, 0.05) is 0 Å². The van der Waals surface area contributed by atoms with E-state index >= 15 is 0 Å². The molecule has 0 saturated heterocycles. The van der Waals surface area contributed by atoms with E-state index in [2.05, 4.69) is 4.98 Å². The Balaban J connectivity index is 2.72. The molecule has 0 amide bonds. The van der Waals surface area contributed by atoms with E-state index in [-0.39, 0.29) is 0 Å². The highest BCUT2D eigenvalue weighted by atomic mass is 127. The van der Waals surface area contributed by atoms with E-state index in [1.165, 1.54) is 6.20 Å². The van der Waals surface area contributed by atoms with Crippen molar-refractivity contribution >= 4 is 22.6 Å². The van der Waals surface area contributed by atoms with Crippen LogP contribution >= 0.6 is 22.6 Å². The highest BCUT2D eigenvalue weighted by Crippen LogP contribution is 2.18. The van der Waals surface area contributed by atoms with Crippen molar-refractivity contribution in [2.75, 3.05) is 0 Å². The Kier molecular flexibility index (Phi) is 2.40. The molecule has 0 radical (unpaired) electrons. The number of alkyl halides is 3. The molecule has 1 rings (SSSR count). The van der Waals surface area contributed by atoms with E-state index in [9.17, 15) is 13.2 Å². The zero-order valence-electron chi connectivity index (χ0n) is 5.27. The lowest BCUT2D eigenvalue weighted by Gasteiger charge is -2.07. The maximum atomic E-state index is 11.7. The van der Waals surface area contributed by atoms with Crippen molar-refractivity contribution in [3.05, 3.63) is 16.2 Å². The fraction of sp³-hybridized carbons (Fsp3) is 0.400. The van der Waals surface area contributed by atoms with E-state index in [1.807, 2.05) is 0 Å². The van der Waals surface area contributed by atoms with Crippen molar-refractivity contribution < 1.29 is 13.2 Å². The van der Waals surface area contributed by atoms with E-state index in [0.29, 0.717) is 3.70 Å². The van der Waals surface area contributed by atoms with Crippen LogP contribution < -0.4 is 0 Å². The average molecular weight is 276 g/mol. The number of nitrogens with zero attached hydrogens (tertiary/aromatic N) is 2. The molecule has 1 aromatic heterocycles. The SMILES string of the molecule is FC(F)(F)Cn1cncc1I. The minimum atomic E-state index is -4.17. The molecule has 6 heteroatoms. The van der Waals surface area contributed by atoms with Crippen molar-refractivity contribution in [1.29, 1.82) is 0 Å². The van der Waals surface area contributed by atoms with Gasteiger partial charge >= 0.3 is 6.18 Å². The molecular formula is C5H4F3IN2. The zero-order valence-corrected chi connectivity index (χ0v) is 7.43. The van der Waals surface area contributed by atoms with Gasteiger partial charge in [0.05, 0.1) is 16.2 Å². The zero-order chi connectivity index (χ0) is 8.48. The number of halogens is 4. The van der Waals surface area contributed by atoms with Gasteiger partial charge in [0.15, 0.2) is 0 Å². The minimum absolute atomic E-state index is 0.486. The fourth-order valence-electron chi connectivity index (χ4n) is 0.614. The molecule has 0 N–H and O–H groups in total. The van der Waals surface area contributed by atoms with Crippen LogP contribution in [0.15, 0.2) is 12.5 Å². The minimum Gasteiger partial charge on any atom is -0.317 e. The first-order valence-electron chi connectivity index (χ1n) is 2.71. The molecule has 0 saturated carbocycles. The summed E-state index contributed by atoms with van der Waals surface area (Å²) in [5, 5.41) is 0. The molecule has 11 heavy (non-hydrogen) atoms. The normalized spacial score (nSPS) is 12.0. The summed E-state index contributed by atoms with van der Waals surface area (Å²) >= 11 is 1.80. The molecule has 1 aromatic rings. The Morgan fingerprint density at radius 1 is 1.55 bits per heavy atom. The molecule has 0 atom stereocenters. The first-order valence-corrected chi connectivity index (χ1v) is 3.79. The summed E-state index contributed by atoms with van der Waals surface area (Å²) in [7, 11) is 0. The Bertz CT molecular complexity index is 242. The molecule has 0 bridgehead atoms. The van der Waals surface area contributed by atoms with Crippen LogP contribution in [0.25, 0.3) is 0 Å². The summed E-state index contributed by atoms with van der Waals surface area (Å²) in [5.74, 6) is 0. The second kappa shape index (κ2) is 3.00. The summed E-state index contributed by atoms with van der Waals surface area (Å²) < 4.78 is 36.8. The largest absolute Gasteiger partial charge is 0.406 e. The quantitative estimate of drug-likeness (QED) is 0.718. The molecule has 0 fully saturated rings. The first-order chi connectivity index (χ1) is 4.99. The summed E-state index contributed by atoms with van der Waals surface area (Å²) in [6.45, 7) is -0.967. The number of hydrogen-bond donors (Lipinski definition) is 0. The third kappa shape index (κ3) is 2.68. The molecular weight excluding hydrogens is 272 g/mol. The Morgan fingerprint density at radius 2 is 2.18 bits per heavy atom. The van der Waals surface area contributed by atoms with Crippen LogP contribution in [-0.4, -0.2) is 15.7 Å². The van der Waals surface area contributed by atoms with E-state index < -0.39 is 12.7 Å². The summed E-state index contributed by atoms with van der Waals surface area (Å²) in [6.07, 6.45) is -1.62. The van der Waals surface area contributed by atoms with Gasteiger partial charge in [-0.05, 0) is 22.6 Å². The highest BCUT2D eigenvalue weighted by molar-refractivity contribution is 14.1. The van der Waals surface area contributed by atoms with Crippen LogP contribution in [0.4, 0.5) is 13.2 Å². The van der Waals surface area contributed by atoms with Crippen LogP contribution in [0.2, 0.25) is 0 Å². The van der Waals surface area contributed by atoms with Crippen LogP contribution in [0, 0.1) is 3.70 Å². The lowest BCUT2D eigenvalue weighted by atomic mass is 10.6. The molecule has 0 aliphatic heterocycles. The van der Waals surface area contributed by atoms with Gasteiger partial charge in [0.25, 0.3) is 0 Å². The van der Waals surface area contributed by atoms with Crippen molar-refractivity contribution in [3.8, 4) is 0 Å². The van der Waals surface area contributed by atoms with Crippen LogP contribution in [0.5, 0.6) is 0 Å². The second-order valence-electron chi connectivity index (χ2n) is 1.96. The Labute approximate surface area is 74.6 Å². The molecule has 1 heterocycles. The standard InChI is InChI=1S/C5H4F3IN2/c6-5(7,8)2-11-3-10-1-4(11)9/h1,3H,2H2. The lowest BCUT2D eigenvalue weighted by molar-refractivity contribution is -0.141. The van der Waals surface area contributed by atoms with Crippen LogP contribution in [0.3, 0.4) is 0 Å². The molecule has 62 valence electrons. The highest BCUT2D eigenvalue weighted by Gasteiger charge is 2.28. The van der Waals surface area contributed by atoms with Gasteiger partial charge in [-0.25, -0.2) is 4.98 Å². The van der Waals surface area contributed by atoms with Gasteiger partial charge in [-0.1, -0.05) is 0 Å². The van der Waals surface area contributed by atoms with E-state index in [0.717, 1.165) is 10.9 Å². The van der Waals surface area contributed by atoms with Crippen molar-refractivity contribution in [2.45, 2.75) is 12.7 Å². The summed E-state index contributed by atoms with van der Waals surface area (Å²) in [5.41, 5.74) is 0. The smallest absolute Gasteiger partial charge is 0.317 e. The Morgan fingerprint density at radius 3 is 2.55 bits per heavy atom. The first kappa shape index (κ1) is 8.82. The monoisotopic (exact) mass is 276 g/mol. The maximum Gasteiger partial charge on any atom is 0.406 e. The number of rotatable bonds is 1. The third-order valence-electron chi connectivity index (χ3n) is 1.01. The van der Waals surface area contributed by atoms with Gasteiger partial charge in [0.2, 0.25) is 0 Å². The predicted molar refractivity (Wildman–Crippen MR) is 41.0 cm³/mol. The van der Waals surface area contributed by atoms with E-state index in [4.69, 9.17) is 0 Å². The third-order valence-corrected chi connectivity index (χ3v) is 1.91. The van der Waals surface area contributed by atoms with Gasteiger partial charge in [-0.2, -0.15) is 13.2 Å². The molecule has 0 aliphatic rings. The van der Waals surface area contributed by atoms with Gasteiger partial charge in [-0.15, -0.1) is 0 Å².